The van der Waals surface area contributed by atoms with Crippen LogP contribution in [0, 0.1) is 0 Å². The minimum atomic E-state index is -2.47. The van der Waals surface area contributed by atoms with E-state index in [0.717, 1.165) is 11.1 Å². The van der Waals surface area contributed by atoms with Crippen LogP contribution in [0.15, 0.2) is 58.6 Å². The number of aromatic nitrogens is 3. The molecule has 0 amide bonds. The number of aromatic amines is 1. The number of methoxy groups -OCH3 is 1. The number of hydrogen-bond donors (Lipinski definition) is 1. The van der Waals surface area contributed by atoms with Crippen LogP contribution in [0.3, 0.4) is 0 Å². The Morgan fingerprint density at radius 3 is 2.68 bits per heavy atom. The lowest BCUT2D eigenvalue weighted by molar-refractivity contribution is 0.251. The third kappa shape index (κ3) is 4.73. The van der Waals surface area contributed by atoms with Crippen LogP contribution < -0.4 is 4.74 Å². The van der Waals surface area contributed by atoms with Gasteiger partial charge in [0, 0.05) is 11.3 Å². The van der Waals surface area contributed by atoms with Crippen molar-refractivity contribution in [1.29, 1.82) is 0 Å². The lowest BCUT2D eigenvalue weighted by atomic mass is 10.2. The van der Waals surface area contributed by atoms with Crippen molar-refractivity contribution >= 4 is 23.5 Å². The first kappa shape index (κ1) is 17.8. The van der Waals surface area contributed by atoms with Crippen molar-refractivity contribution in [2.45, 2.75) is 21.6 Å². The molecule has 1 N–H and O–H groups in total. The molecule has 4 nitrogen and oxygen atoms in total. The first-order valence-corrected chi connectivity index (χ1v) is 9.24. The van der Waals surface area contributed by atoms with Gasteiger partial charge in [-0.15, -0.1) is 5.10 Å². The molecular formula is C17H15F2N3OS2. The highest BCUT2D eigenvalue weighted by molar-refractivity contribution is 7.99. The van der Waals surface area contributed by atoms with Gasteiger partial charge in [0.25, 0.3) is 5.76 Å². The van der Waals surface area contributed by atoms with Crippen molar-refractivity contribution in [2.75, 3.05) is 7.11 Å². The first-order valence-electron chi connectivity index (χ1n) is 7.38. The summed E-state index contributed by atoms with van der Waals surface area (Å²) in [7, 11) is 1.48. The molecule has 3 rings (SSSR count). The van der Waals surface area contributed by atoms with Crippen molar-refractivity contribution in [3.8, 4) is 17.1 Å². The number of thioether (sulfide) groups is 2. The Kier molecular flexibility index (Phi) is 5.93. The van der Waals surface area contributed by atoms with E-state index < -0.39 is 5.76 Å². The highest BCUT2D eigenvalue weighted by Gasteiger charge is 2.12. The maximum atomic E-state index is 12.5. The summed E-state index contributed by atoms with van der Waals surface area (Å²) in [6.07, 6.45) is 0. The molecule has 0 spiro atoms. The molecule has 0 fully saturated rings. The Labute approximate surface area is 152 Å². The number of benzene rings is 2. The van der Waals surface area contributed by atoms with Crippen LogP contribution in [-0.4, -0.2) is 28.0 Å². The van der Waals surface area contributed by atoms with Crippen molar-refractivity contribution in [3.63, 3.8) is 0 Å². The highest BCUT2D eigenvalue weighted by Crippen LogP contribution is 2.35. The quantitative estimate of drug-likeness (QED) is 0.580. The van der Waals surface area contributed by atoms with Crippen molar-refractivity contribution in [2.24, 2.45) is 0 Å². The fraction of sp³-hybridized carbons (Fsp3) is 0.176. The van der Waals surface area contributed by atoms with E-state index >= 15 is 0 Å². The zero-order chi connectivity index (χ0) is 17.6. The number of H-pyrrole nitrogens is 1. The minimum absolute atomic E-state index is 0.426. The summed E-state index contributed by atoms with van der Waals surface area (Å²) in [5.41, 5.74) is 1.92. The fourth-order valence-corrected chi connectivity index (χ4v) is 3.52. The minimum Gasteiger partial charge on any atom is -0.496 e. The Morgan fingerprint density at radius 2 is 1.96 bits per heavy atom. The van der Waals surface area contributed by atoms with Gasteiger partial charge < -0.3 is 4.74 Å². The van der Waals surface area contributed by atoms with E-state index in [1.807, 2.05) is 36.4 Å². The SMILES string of the molecule is COc1cc(CSc2n[nH]c(-c3ccccc3)n2)ccc1SC(F)F. The van der Waals surface area contributed by atoms with Crippen LogP contribution in [0.1, 0.15) is 5.56 Å². The number of nitrogens with zero attached hydrogens (tertiary/aromatic N) is 2. The number of nitrogens with one attached hydrogen (secondary N) is 1. The van der Waals surface area contributed by atoms with E-state index in [-0.39, 0.29) is 0 Å². The molecule has 0 radical (unpaired) electrons. The van der Waals surface area contributed by atoms with Gasteiger partial charge in [-0.2, -0.15) is 8.78 Å². The average Bonchev–Trinajstić information content (AvgIpc) is 3.10. The summed E-state index contributed by atoms with van der Waals surface area (Å²) < 4.78 is 30.3. The lowest BCUT2D eigenvalue weighted by Crippen LogP contribution is -1.91. The number of hydrogen-bond acceptors (Lipinski definition) is 5. The Hall–Kier alpha value is -2.06. The fourth-order valence-electron chi connectivity index (χ4n) is 2.18. The molecule has 0 saturated carbocycles. The largest absolute Gasteiger partial charge is 0.496 e. The Morgan fingerprint density at radius 1 is 1.16 bits per heavy atom. The number of ether oxygens (including phenoxy) is 1. The van der Waals surface area contributed by atoms with Gasteiger partial charge in [-0.05, 0) is 17.7 Å². The molecule has 0 aliphatic rings. The van der Waals surface area contributed by atoms with E-state index in [1.54, 1.807) is 12.1 Å². The second-order valence-electron chi connectivity index (χ2n) is 4.99. The molecule has 8 heteroatoms. The lowest BCUT2D eigenvalue weighted by Gasteiger charge is -2.09. The molecule has 0 unspecified atom stereocenters. The molecule has 0 aliphatic carbocycles. The van der Waals surface area contributed by atoms with Gasteiger partial charge in [0.05, 0.1) is 12.0 Å². The van der Waals surface area contributed by atoms with Gasteiger partial charge in [0.2, 0.25) is 5.16 Å². The summed E-state index contributed by atoms with van der Waals surface area (Å²) in [6, 6.07) is 15.0. The number of halogens is 2. The monoisotopic (exact) mass is 379 g/mol. The zero-order valence-corrected chi connectivity index (χ0v) is 14.9. The van der Waals surface area contributed by atoms with E-state index in [1.165, 1.54) is 18.9 Å². The smallest absolute Gasteiger partial charge is 0.289 e. The summed E-state index contributed by atoms with van der Waals surface area (Å²) in [5, 5.41) is 7.75. The van der Waals surface area contributed by atoms with Crippen LogP contribution >= 0.6 is 23.5 Å². The molecule has 3 aromatic rings. The second kappa shape index (κ2) is 8.35. The summed E-state index contributed by atoms with van der Waals surface area (Å²) in [4.78, 5) is 4.88. The zero-order valence-electron chi connectivity index (χ0n) is 13.3. The Balaban J connectivity index is 1.67. The van der Waals surface area contributed by atoms with Crippen LogP contribution in [0.4, 0.5) is 8.78 Å². The maximum Gasteiger partial charge on any atom is 0.289 e. The third-order valence-electron chi connectivity index (χ3n) is 3.32. The first-order chi connectivity index (χ1) is 12.2. The maximum absolute atomic E-state index is 12.5. The normalized spacial score (nSPS) is 11.0. The van der Waals surface area contributed by atoms with Gasteiger partial charge in [-0.1, -0.05) is 59.9 Å². The van der Waals surface area contributed by atoms with Crippen molar-refractivity contribution < 1.29 is 13.5 Å². The van der Waals surface area contributed by atoms with Gasteiger partial charge in [0.1, 0.15) is 5.75 Å². The number of rotatable bonds is 7. The second-order valence-corrected chi connectivity index (χ2v) is 6.96. The Bertz CT molecular complexity index is 828. The average molecular weight is 379 g/mol. The van der Waals surface area contributed by atoms with Crippen LogP contribution in [0.2, 0.25) is 0 Å². The molecule has 0 atom stereocenters. The molecule has 130 valence electrons. The van der Waals surface area contributed by atoms with E-state index in [9.17, 15) is 8.78 Å². The van der Waals surface area contributed by atoms with Crippen molar-refractivity contribution in [3.05, 3.63) is 54.1 Å². The van der Waals surface area contributed by atoms with E-state index in [2.05, 4.69) is 15.2 Å². The molecular weight excluding hydrogens is 364 g/mol. The van der Waals surface area contributed by atoms with Crippen LogP contribution in [-0.2, 0) is 5.75 Å². The molecule has 1 heterocycles. The van der Waals surface area contributed by atoms with Crippen molar-refractivity contribution in [1.82, 2.24) is 15.2 Å². The van der Waals surface area contributed by atoms with Crippen LogP contribution in [0.25, 0.3) is 11.4 Å². The molecule has 25 heavy (non-hydrogen) atoms. The van der Waals surface area contributed by atoms with Crippen LogP contribution in [0.5, 0.6) is 5.75 Å². The molecule has 2 aromatic carbocycles. The molecule has 0 bridgehead atoms. The number of alkyl halides is 2. The van der Waals surface area contributed by atoms with E-state index in [0.29, 0.717) is 39.1 Å². The topological polar surface area (TPSA) is 50.8 Å². The third-order valence-corrected chi connectivity index (χ3v) is 5.01. The van der Waals surface area contributed by atoms with E-state index in [4.69, 9.17) is 4.74 Å². The molecule has 0 aliphatic heterocycles. The summed E-state index contributed by atoms with van der Waals surface area (Å²) in [6.45, 7) is 0. The predicted octanol–water partition coefficient (Wildman–Crippen LogP) is 5.09. The molecule has 0 saturated heterocycles. The predicted molar refractivity (Wildman–Crippen MR) is 96.2 cm³/mol. The van der Waals surface area contributed by atoms with Gasteiger partial charge in [0.15, 0.2) is 5.82 Å². The van der Waals surface area contributed by atoms with Gasteiger partial charge >= 0.3 is 0 Å². The summed E-state index contributed by atoms with van der Waals surface area (Å²) >= 11 is 1.94. The highest BCUT2D eigenvalue weighted by atomic mass is 32.2. The standard InChI is InChI=1S/C17H15F2N3OS2/c1-23-13-9-11(7-8-14(13)25-16(18)19)10-24-17-20-15(21-22-17)12-5-3-2-4-6-12/h2-9,16H,10H2,1H3,(H,20,21,22). The van der Waals surface area contributed by atoms with Gasteiger partial charge in [-0.3, -0.25) is 5.10 Å². The summed E-state index contributed by atoms with van der Waals surface area (Å²) in [5.74, 6) is -0.700. The molecule has 1 aromatic heterocycles. The van der Waals surface area contributed by atoms with Gasteiger partial charge in [-0.25, -0.2) is 4.98 Å².